The van der Waals surface area contributed by atoms with Crippen LogP contribution in [0.1, 0.15) is 28.9 Å². The summed E-state index contributed by atoms with van der Waals surface area (Å²) in [5.74, 6) is -0.869. The monoisotopic (exact) mass is 289 g/mol. The highest BCUT2D eigenvalue weighted by atomic mass is 79.9. The lowest BCUT2D eigenvalue weighted by Gasteiger charge is -2.14. The smallest absolute Gasteiger partial charge is 0.253 e. The lowest BCUT2D eigenvalue weighted by atomic mass is 10.1. The second-order valence-corrected chi connectivity index (χ2v) is 4.58. The maximum Gasteiger partial charge on any atom is 0.253 e. The molecule has 1 atom stereocenters. The second kappa shape index (κ2) is 4.93. The Hall–Kier alpha value is -0.940. The van der Waals surface area contributed by atoms with Gasteiger partial charge in [-0.15, -0.1) is 0 Å². The third-order valence-corrected chi connectivity index (χ3v) is 2.81. The summed E-state index contributed by atoms with van der Waals surface area (Å²) in [5, 5.41) is 9.36. The molecule has 1 rings (SSSR count). The SMILES string of the molecule is CC(O)c1c(F)cc(C(=O)N(C)C)cc1Br. The molecule has 0 spiro atoms. The van der Waals surface area contributed by atoms with Crippen molar-refractivity contribution < 1.29 is 14.3 Å². The minimum absolute atomic E-state index is 0.162. The third-order valence-electron chi connectivity index (χ3n) is 2.15. The van der Waals surface area contributed by atoms with Crippen molar-refractivity contribution in [1.29, 1.82) is 0 Å². The van der Waals surface area contributed by atoms with Gasteiger partial charge >= 0.3 is 0 Å². The normalized spacial score (nSPS) is 12.4. The number of rotatable bonds is 2. The summed E-state index contributed by atoms with van der Waals surface area (Å²) in [5.41, 5.74) is 0.411. The van der Waals surface area contributed by atoms with E-state index in [9.17, 15) is 14.3 Å². The van der Waals surface area contributed by atoms with Crippen LogP contribution in [0.4, 0.5) is 4.39 Å². The van der Waals surface area contributed by atoms with Gasteiger partial charge in [-0.2, -0.15) is 0 Å². The fraction of sp³-hybridized carbons (Fsp3) is 0.364. The molecule has 0 fully saturated rings. The van der Waals surface area contributed by atoms with Gasteiger partial charge in [-0.1, -0.05) is 15.9 Å². The maximum atomic E-state index is 13.6. The minimum atomic E-state index is -0.919. The zero-order valence-electron chi connectivity index (χ0n) is 9.29. The van der Waals surface area contributed by atoms with Crippen molar-refractivity contribution in [2.75, 3.05) is 14.1 Å². The molecular weight excluding hydrogens is 277 g/mol. The highest BCUT2D eigenvalue weighted by Gasteiger charge is 2.17. The van der Waals surface area contributed by atoms with E-state index < -0.39 is 11.9 Å². The summed E-state index contributed by atoms with van der Waals surface area (Å²) >= 11 is 3.15. The Labute approximate surface area is 102 Å². The van der Waals surface area contributed by atoms with Crippen molar-refractivity contribution in [1.82, 2.24) is 4.90 Å². The second-order valence-electron chi connectivity index (χ2n) is 3.73. The maximum absolute atomic E-state index is 13.6. The fourth-order valence-electron chi connectivity index (χ4n) is 1.37. The highest BCUT2D eigenvalue weighted by molar-refractivity contribution is 9.10. The van der Waals surface area contributed by atoms with Crippen molar-refractivity contribution >= 4 is 21.8 Å². The van der Waals surface area contributed by atoms with Crippen LogP contribution in [0.25, 0.3) is 0 Å². The average molecular weight is 290 g/mol. The predicted octanol–water partition coefficient (Wildman–Crippen LogP) is 2.34. The fourth-order valence-corrected chi connectivity index (χ4v) is 2.13. The van der Waals surface area contributed by atoms with E-state index in [0.29, 0.717) is 4.47 Å². The molecule has 1 amide bonds. The zero-order valence-corrected chi connectivity index (χ0v) is 10.9. The van der Waals surface area contributed by atoms with E-state index in [1.54, 1.807) is 14.1 Å². The predicted molar refractivity (Wildman–Crippen MR) is 62.8 cm³/mol. The molecule has 0 aliphatic carbocycles. The van der Waals surface area contributed by atoms with Gasteiger partial charge in [0.15, 0.2) is 0 Å². The number of carbonyl (C=O) groups excluding carboxylic acids is 1. The average Bonchev–Trinajstić information content (AvgIpc) is 2.14. The van der Waals surface area contributed by atoms with Gasteiger partial charge in [-0.25, -0.2) is 4.39 Å². The molecule has 16 heavy (non-hydrogen) atoms. The van der Waals surface area contributed by atoms with Crippen LogP contribution in [-0.2, 0) is 0 Å². The van der Waals surface area contributed by atoms with Crippen LogP contribution in [0, 0.1) is 5.82 Å². The molecule has 0 aliphatic rings. The minimum Gasteiger partial charge on any atom is -0.389 e. The molecule has 0 aromatic heterocycles. The van der Waals surface area contributed by atoms with E-state index in [1.807, 2.05) is 0 Å². The molecule has 0 aliphatic heterocycles. The van der Waals surface area contributed by atoms with Gasteiger partial charge in [0.1, 0.15) is 5.82 Å². The summed E-state index contributed by atoms with van der Waals surface area (Å²) in [7, 11) is 3.19. The first-order valence-corrected chi connectivity index (χ1v) is 5.52. The number of hydrogen-bond donors (Lipinski definition) is 1. The molecule has 0 bridgehead atoms. The van der Waals surface area contributed by atoms with Gasteiger partial charge in [0.25, 0.3) is 5.91 Å². The zero-order chi connectivity index (χ0) is 12.5. The summed E-state index contributed by atoms with van der Waals surface area (Å²) in [6.45, 7) is 1.47. The number of benzene rings is 1. The molecule has 5 heteroatoms. The summed E-state index contributed by atoms with van der Waals surface area (Å²) in [6, 6.07) is 2.64. The number of amides is 1. The van der Waals surface area contributed by atoms with Crippen LogP contribution < -0.4 is 0 Å². The van der Waals surface area contributed by atoms with Crippen molar-refractivity contribution in [2.45, 2.75) is 13.0 Å². The van der Waals surface area contributed by atoms with Gasteiger partial charge in [0.2, 0.25) is 0 Å². The van der Waals surface area contributed by atoms with Crippen LogP contribution in [-0.4, -0.2) is 30.0 Å². The van der Waals surface area contributed by atoms with E-state index in [4.69, 9.17) is 0 Å². The number of aliphatic hydroxyl groups is 1. The number of halogens is 2. The summed E-state index contributed by atoms with van der Waals surface area (Å²) in [6.07, 6.45) is -0.919. The van der Waals surface area contributed by atoms with Crippen molar-refractivity contribution in [2.24, 2.45) is 0 Å². The Bertz CT molecular complexity index is 395. The summed E-state index contributed by atoms with van der Waals surface area (Å²) in [4.78, 5) is 13.0. The van der Waals surface area contributed by atoms with E-state index in [0.717, 1.165) is 6.07 Å². The lowest BCUT2D eigenvalue weighted by molar-refractivity contribution is 0.0826. The van der Waals surface area contributed by atoms with Crippen molar-refractivity contribution in [3.8, 4) is 0 Å². The van der Waals surface area contributed by atoms with E-state index in [2.05, 4.69) is 15.9 Å². The van der Waals surface area contributed by atoms with Gasteiger partial charge < -0.3 is 10.0 Å². The van der Waals surface area contributed by atoms with Crippen LogP contribution in [0.5, 0.6) is 0 Å². The topological polar surface area (TPSA) is 40.5 Å². The van der Waals surface area contributed by atoms with E-state index >= 15 is 0 Å². The molecule has 1 aromatic carbocycles. The molecule has 0 heterocycles. The van der Waals surface area contributed by atoms with Gasteiger partial charge in [0.05, 0.1) is 6.10 Å². The molecule has 3 nitrogen and oxygen atoms in total. The first kappa shape index (κ1) is 13.1. The number of aliphatic hydroxyl groups excluding tert-OH is 1. The molecule has 0 saturated carbocycles. The van der Waals surface area contributed by atoms with Crippen LogP contribution >= 0.6 is 15.9 Å². The number of carbonyl (C=O) groups is 1. The quantitative estimate of drug-likeness (QED) is 0.908. The standard InChI is InChI=1S/C11H13BrFNO2/c1-6(15)10-8(12)4-7(5-9(10)13)11(16)14(2)3/h4-6,15H,1-3H3. The van der Waals surface area contributed by atoms with Gasteiger partial charge in [-0.3, -0.25) is 4.79 Å². The molecule has 0 saturated heterocycles. The van der Waals surface area contributed by atoms with Gasteiger partial charge in [-0.05, 0) is 19.1 Å². The largest absolute Gasteiger partial charge is 0.389 e. The highest BCUT2D eigenvalue weighted by Crippen LogP contribution is 2.27. The van der Waals surface area contributed by atoms with Gasteiger partial charge in [0, 0.05) is 29.7 Å². The van der Waals surface area contributed by atoms with Crippen LogP contribution in [0.2, 0.25) is 0 Å². The number of hydrogen-bond acceptors (Lipinski definition) is 2. The Morgan fingerprint density at radius 2 is 2.06 bits per heavy atom. The molecule has 1 unspecified atom stereocenters. The Morgan fingerprint density at radius 1 is 1.50 bits per heavy atom. The third kappa shape index (κ3) is 2.59. The lowest BCUT2D eigenvalue weighted by Crippen LogP contribution is -2.22. The molecule has 88 valence electrons. The van der Waals surface area contributed by atoms with Crippen LogP contribution in [0.3, 0.4) is 0 Å². The summed E-state index contributed by atoms with van der Waals surface area (Å²) < 4.78 is 14.0. The van der Waals surface area contributed by atoms with Crippen molar-refractivity contribution in [3.05, 3.63) is 33.5 Å². The molecule has 1 N–H and O–H groups in total. The van der Waals surface area contributed by atoms with Crippen LogP contribution in [0.15, 0.2) is 16.6 Å². The number of nitrogens with zero attached hydrogens (tertiary/aromatic N) is 1. The first-order chi connectivity index (χ1) is 7.34. The van der Waals surface area contributed by atoms with Crippen molar-refractivity contribution in [3.63, 3.8) is 0 Å². The van der Waals surface area contributed by atoms with E-state index in [-0.39, 0.29) is 17.0 Å². The first-order valence-electron chi connectivity index (χ1n) is 4.73. The van der Waals surface area contributed by atoms with E-state index in [1.165, 1.54) is 17.9 Å². The molecular formula is C11H13BrFNO2. The Balaban J connectivity index is 3.25. The molecule has 1 aromatic rings. The Morgan fingerprint density at radius 3 is 2.44 bits per heavy atom. The Kier molecular flexibility index (Phi) is 4.04. The molecule has 0 radical (unpaired) electrons.